The largest absolute Gasteiger partial charge is 0.383 e. The summed E-state index contributed by atoms with van der Waals surface area (Å²) >= 11 is 5.74. The summed E-state index contributed by atoms with van der Waals surface area (Å²) in [7, 11) is 5.67. The van der Waals surface area contributed by atoms with Gasteiger partial charge in [0, 0.05) is 26.4 Å². The van der Waals surface area contributed by atoms with Crippen LogP contribution in [0.1, 0.15) is 16.8 Å². The first-order valence-corrected chi connectivity index (χ1v) is 6.97. The van der Waals surface area contributed by atoms with Gasteiger partial charge in [0.1, 0.15) is 5.15 Å². The second kappa shape index (κ2) is 8.89. The van der Waals surface area contributed by atoms with Crippen LogP contribution in [0.2, 0.25) is 5.15 Å². The molecule has 5 nitrogen and oxygen atoms in total. The number of rotatable bonds is 8. The average Bonchev–Trinajstić information content (AvgIpc) is 2.42. The van der Waals surface area contributed by atoms with Gasteiger partial charge in [0.25, 0.3) is 5.91 Å². The molecule has 0 unspecified atom stereocenters. The first kappa shape index (κ1) is 16.9. The van der Waals surface area contributed by atoms with Crippen LogP contribution in [0.15, 0.2) is 18.3 Å². The van der Waals surface area contributed by atoms with Crippen molar-refractivity contribution in [2.24, 2.45) is 0 Å². The zero-order valence-electron chi connectivity index (χ0n) is 12.3. The Hall–Kier alpha value is -1.17. The van der Waals surface area contributed by atoms with Gasteiger partial charge in [-0.25, -0.2) is 4.98 Å². The quantitative estimate of drug-likeness (QED) is 0.687. The number of pyridine rings is 1. The number of carbonyl (C=O) groups is 1. The highest BCUT2D eigenvalue weighted by molar-refractivity contribution is 6.29. The summed E-state index contributed by atoms with van der Waals surface area (Å²) < 4.78 is 5.06. The third-order valence-electron chi connectivity index (χ3n) is 2.86. The van der Waals surface area contributed by atoms with Gasteiger partial charge >= 0.3 is 0 Å². The molecule has 0 N–H and O–H groups in total. The molecule has 0 aliphatic rings. The fraction of sp³-hybridized carbons (Fsp3) is 0.571. The molecule has 6 heteroatoms. The van der Waals surface area contributed by atoms with E-state index in [1.54, 1.807) is 24.1 Å². The summed E-state index contributed by atoms with van der Waals surface area (Å²) in [6.45, 7) is 2.73. The molecule has 1 rings (SSSR count). The van der Waals surface area contributed by atoms with E-state index in [2.05, 4.69) is 9.88 Å². The molecule has 0 aliphatic heterocycles. The number of ether oxygens (including phenoxy) is 1. The fourth-order valence-electron chi connectivity index (χ4n) is 1.78. The maximum atomic E-state index is 12.4. The Labute approximate surface area is 125 Å². The van der Waals surface area contributed by atoms with Gasteiger partial charge < -0.3 is 14.5 Å². The van der Waals surface area contributed by atoms with Crippen molar-refractivity contribution in [1.82, 2.24) is 14.8 Å². The van der Waals surface area contributed by atoms with Crippen molar-refractivity contribution < 1.29 is 9.53 Å². The van der Waals surface area contributed by atoms with Crippen LogP contribution in [0.3, 0.4) is 0 Å². The monoisotopic (exact) mass is 299 g/mol. The molecule has 1 aromatic heterocycles. The van der Waals surface area contributed by atoms with Gasteiger partial charge in [0.05, 0.1) is 12.2 Å². The second-order valence-electron chi connectivity index (χ2n) is 4.81. The lowest BCUT2D eigenvalue weighted by Gasteiger charge is -2.23. The molecule has 0 spiro atoms. The van der Waals surface area contributed by atoms with Crippen LogP contribution in [-0.4, -0.2) is 68.1 Å². The Morgan fingerprint density at radius 3 is 2.60 bits per heavy atom. The molecular formula is C14H22ClN3O2. The van der Waals surface area contributed by atoms with Gasteiger partial charge in [0.2, 0.25) is 0 Å². The van der Waals surface area contributed by atoms with Crippen LogP contribution in [0.5, 0.6) is 0 Å². The van der Waals surface area contributed by atoms with Crippen molar-refractivity contribution >= 4 is 17.5 Å². The standard InChI is InChI=1S/C14H22ClN3O2/c1-17(2)7-4-8-18(9-10-20-3)14(19)12-5-6-13(15)16-11-12/h5-6,11H,4,7-10H2,1-3H3. The highest BCUT2D eigenvalue weighted by atomic mass is 35.5. The summed E-state index contributed by atoms with van der Waals surface area (Å²) in [4.78, 5) is 20.3. The Morgan fingerprint density at radius 1 is 1.30 bits per heavy atom. The molecule has 0 aromatic carbocycles. The molecule has 20 heavy (non-hydrogen) atoms. The molecule has 0 saturated carbocycles. The topological polar surface area (TPSA) is 45.7 Å². The number of amides is 1. The van der Waals surface area contributed by atoms with Gasteiger partial charge in [-0.2, -0.15) is 0 Å². The van der Waals surface area contributed by atoms with Gasteiger partial charge in [-0.3, -0.25) is 4.79 Å². The summed E-state index contributed by atoms with van der Waals surface area (Å²) in [5.41, 5.74) is 0.551. The van der Waals surface area contributed by atoms with Crippen LogP contribution in [0.25, 0.3) is 0 Å². The molecule has 0 radical (unpaired) electrons. The minimum Gasteiger partial charge on any atom is -0.383 e. The van der Waals surface area contributed by atoms with Crippen molar-refractivity contribution in [2.45, 2.75) is 6.42 Å². The number of hydrogen-bond donors (Lipinski definition) is 0. The number of hydrogen-bond acceptors (Lipinski definition) is 4. The number of nitrogens with zero attached hydrogens (tertiary/aromatic N) is 3. The van der Waals surface area contributed by atoms with E-state index >= 15 is 0 Å². The highest BCUT2D eigenvalue weighted by Crippen LogP contribution is 2.09. The smallest absolute Gasteiger partial charge is 0.255 e. The molecular weight excluding hydrogens is 278 g/mol. The molecule has 0 saturated heterocycles. The number of halogens is 1. The van der Waals surface area contributed by atoms with Gasteiger partial charge in [-0.05, 0) is 39.2 Å². The highest BCUT2D eigenvalue weighted by Gasteiger charge is 2.15. The predicted octanol–water partition coefficient (Wildman–Crippen LogP) is 1.78. The van der Waals surface area contributed by atoms with Gasteiger partial charge in [-0.15, -0.1) is 0 Å². The first-order valence-electron chi connectivity index (χ1n) is 6.59. The van der Waals surface area contributed by atoms with E-state index in [0.717, 1.165) is 13.0 Å². The normalized spacial score (nSPS) is 10.8. The molecule has 0 aliphatic carbocycles. The third kappa shape index (κ3) is 5.86. The van der Waals surface area contributed by atoms with E-state index < -0.39 is 0 Å². The van der Waals surface area contributed by atoms with Gasteiger partial charge in [-0.1, -0.05) is 11.6 Å². The average molecular weight is 300 g/mol. The van der Waals surface area contributed by atoms with E-state index in [1.807, 2.05) is 14.1 Å². The third-order valence-corrected chi connectivity index (χ3v) is 3.08. The zero-order chi connectivity index (χ0) is 15.0. The summed E-state index contributed by atoms with van der Waals surface area (Å²) in [5.74, 6) is -0.0371. The van der Waals surface area contributed by atoms with E-state index in [-0.39, 0.29) is 5.91 Å². The Kier molecular flexibility index (Phi) is 7.51. The minimum absolute atomic E-state index is 0.0371. The Morgan fingerprint density at radius 2 is 2.05 bits per heavy atom. The number of methoxy groups -OCH3 is 1. The van der Waals surface area contributed by atoms with E-state index in [4.69, 9.17) is 16.3 Å². The molecule has 0 atom stereocenters. The molecule has 0 bridgehead atoms. The fourth-order valence-corrected chi connectivity index (χ4v) is 1.89. The lowest BCUT2D eigenvalue weighted by Crippen LogP contribution is -2.36. The van der Waals surface area contributed by atoms with Crippen molar-refractivity contribution in [3.05, 3.63) is 29.0 Å². The van der Waals surface area contributed by atoms with Crippen molar-refractivity contribution in [1.29, 1.82) is 0 Å². The second-order valence-corrected chi connectivity index (χ2v) is 5.20. The van der Waals surface area contributed by atoms with Crippen molar-refractivity contribution in [3.63, 3.8) is 0 Å². The van der Waals surface area contributed by atoms with Crippen LogP contribution in [-0.2, 0) is 4.74 Å². The molecule has 1 heterocycles. The lowest BCUT2D eigenvalue weighted by atomic mass is 10.2. The zero-order valence-corrected chi connectivity index (χ0v) is 13.1. The molecule has 1 aromatic rings. The van der Waals surface area contributed by atoms with E-state index in [0.29, 0.717) is 30.4 Å². The maximum absolute atomic E-state index is 12.4. The molecule has 1 amide bonds. The molecule has 0 fully saturated rings. The van der Waals surface area contributed by atoms with Crippen LogP contribution < -0.4 is 0 Å². The van der Waals surface area contributed by atoms with Crippen molar-refractivity contribution in [2.75, 3.05) is 47.4 Å². The van der Waals surface area contributed by atoms with E-state index in [1.165, 1.54) is 6.20 Å². The summed E-state index contributed by atoms with van der Waals surface area (Å²) in [5, 5.41) is 0.387. The Balaban J connectivity index is 2.65. The number of aromatic nitrogens is 1. The van der Waals surface area contributed by atoms with Crippen LogP contribution in [0.4, 0.5) is 0 Å². The van der Waals surface area contributed by atoms with Crippen LogP contribution in [0, 0.1) is 0 Å². The SMILES string of the molecule is COCCN(CCCN(C)C)C(=O)c1ccc(Cl)nc1. The predicted molar refractivity (Wildman–Crippen MR) is 80.2 cm³/mol. The minimum atomic E-state index is -0.0371. The maximum Gasteiger partial charge on any atom is 0.255 e. The number of carbonyl (C=O) groups excluding carboxylic acids is 1. The van der Waals surface area contributed by atoms with Crippen LogP contribution >= 0.6 is 11.6 Å². The van der Waals surface area contributed by atoms with Gasteiger partial charge in [0.15, 0.2) is 0 Å². The molecule has 112 valence electrons. The van der Waals surface area contributed by atoms with E-state index in [9.17, 15) is 4.79 Å². The summed E-state index contributed by atoms with van der Waals surface area (Å²) in [6, 6.07) is 3.33. The first-order chi connectivity index (χ1) is 9.54. The summed E-state index contributed by atoms with van der Waals surface area (Å²) in [6.07, 6.45) is 2.43. The van der Waals surface area contributed by atoms with Crippen molar-refractivity contribution in [3.8, 4) is 0 Å². The Bertz CT molecular complexity index is 409. The lowest BCUT2D eigenvalue weighted by molar-refractivity contribution is 0.0689.